The lowest BCUT2D eigenvalue weighted by molar-refractivity contribution is -0.118. The molecule has 0 fully saturated rings. The Balaban J connectivity index is 1.91. The van der Waals surface area contributed by atoms with Gasteiger partial charge in [0, 0.05) is 0 Å². The molecular weight excluding hydrogens is 314 g/mol. The maximum atomic E-state index is 12.1. The molecule has 0 heterocycles. The Morgan fingerprint density at radius 3 is 2.36 bits per heavy atom. The van der Waals surface area contributed by atoms with Gasteiger partial charge >= 0.3 is 0 Å². The summed E-state index contributed by atoms with van der Waals surface area (Å²) in [6, 6.07) is 15.1. The number of anilines is 1. The summed E-state index contributed by atoms with van der Waals surface area (Å²) in [7, 11) is 0. The van der Waals surface area contributed by atoms with Crippen LogP contribution in [0.25, 0.3) is 0 Å². The van der Waals surface area contributed by atoms with Crippen LogP contribution in [0.5, 0.6) is 11.5 Å². The highest BCUT2D eigenvalue weighted by molar-refractivity contribution is 5.93. The Hall–Kier alpha value is -2.75. The topological polar surface area (TPSA) is 47.6 Å². The van der Waals surface area contributed by atoms with Crippen LogP contribution < -0.4 is 14.8 Å². The van der Waals surface area contributed by atoms with E-state index < -0.39 is 0 Å². The first-order valence-corrected chi connectivity index (χ1v) is 8.34. The van der Waals surface area contributed by atoms with E-state index in [-0.39, 0.29) is 12.5 Å². The number of amides is 1. The molecule has 1 N–H and O–H groups in total. The quantitative estimate of drug-likeness (QED) is 0.704. The molecule has 4 heteroatoms. The van der Waals surface area contributed by atoms with Gasteiger partial charge in [0.25, 0.3) is 5.91 Å². The van der Waals surface area contributed by atoms with Gasteiger partial charge in [-0.2, -0.15) is 0 Å². The maximum Gasteiger partial charge on any atom is 0.262 e. The summed E-state index contributed by atoms with van der Waals surface area (Å²) < 4.78 is 11.2. The van der Waals surface area contributed by atoms with Crippen LogP contribution in [0.15, 0.2) is 60.7 Å². The van der Waals surface area contributed by atoms with Gasteiger partial charge in [-0.3, -0.25) is 4.79 Å². The standard InChI is InChI=1S/C21H25NO3/c1-15(2)13-25-20-8-6-5-7-19(20)22-21(23)14-24-18-11-9-17(10-12-18)16(3)4/h5-12,16H,1,13-14H2,2-4H3,(H,22,23). The van der Waals surface area contributed by atoms with Crippen LogP contribution in [0.3, 0.4) is 0 Å². The number of carbonyl (C=O) groups is 1. The summed E-state index contributed by atoms with van der Waals surface area (Å²) in [4.78, 5) is 12.1. The van der Waals surface area contributed by atoms with E-state index in [0.29, 0.717) is 29.7 Å². The molecule has 2 rings (SSSR count). The molecule has 0 saturated heterocycles. The minimum atomic E-state index is -0.237. The normalized spacial score (nSPS) is 10.4. The predicted octanol–water partition coefficient (Wildman–Crippen LogP) is 4.78. The Morgan fingerprint density at radius 2 is 1.72 bits per heavy atom. The predicted molar refractivity (Wildman–Crippen MR) is 101 cm³/mol. The molecule has 0 spiro atoms. The third kappa shape index (κ3) is 5.99. The summed E-state index contributed by atoms with van der Waals surface area (Å²) in [5, 5.41) is 2.82. The summed E-state index contributed by atoms with van der Waals surface area (Å²) in [5.41, 5.74) is 2.77. The molecule has 25 heavy (non-hydrogen) atoms. The Labute approximate surface area is 149 Å². The fraction of sp³-hybridized carbons (Fsp3) is 0.286. The van der Waals surface area contributed by atoms with Crippen molar-refractivity contribution >= 4 is 11.6 Å². The van der Waals surface area contributed by atoms with Crippen molar-refractivity contribution in [3.63, 3.8) is 0 Å². The van der Waals surface area contributed by atoms with Gasteiger partial charge in [-0.05, 0) is 48.2 Å². The van der Waals surface area contributed by atoms with Crippen molar-refractivity contribution in [1.82, 2.24) is 0 Å². The van der Waals surface area contributed by atoms with Crippen LogP contribution in [0.4, 0.5) is 5.69 Å². The molecule has 0 atom stereocenters. The van der Waals surface area contributed by atoms with E-state index in [1.807, 2.05) is 49.4 Å². The zero-order valence-electron chi connectivity index (χ0n) is 15.0. The van der Waals surface area contributed by atoms with E-state index in [2.05, 4.69) is 25.7 Å². The van der Waals surface area contributed by atoms with Crippen LogP contribution in [0, 0.1) is 0 Å². The highest BCUT2D eigenvalue weighted by Gasteiger charge is 2.09. The molecule has 132 valence electrons. The summed E-state index contributed by atoms with van der Waals surface area (Å²) in [6.07, 6.45) is 0. The molecule has 4 nitrogen and oxygen atoms in total. The highest BCUT2D eigenvalue weighted by Crippen LogP contribution is 2.24. The molecule has 0 aromatic heterocycles. The summed E-state index contributed by atoms with van der Waals surface area (Å²) >= 11 is 0. The van der Waals surface area contributed by atoms with Gasteiger partial charge in [0.15, 0.2) is 6.61 Å². The minimum Gasteiger partial charge on any atom is -0.487 e. The van der Waals surface area contributed by atoms with Gasteiger partial charge in [-0.15, -0.1) is 0 Å². The zero-order chi connectivity index (χ0) is 18.2. The zero-order valence-corrected chi connectivity index (χ0v) is 15.0. The van der Waals surface area contributed by atoms with Crippen molar-refractivity contribution < 1.29 is 14.3 Å². The van der Waals surface area contributed by atoms with Gasteiger partial charge in [0.1, 0.15) is 18.1 Å². The number of para-hydroxylation sites is 2. The van der Waals surface area contributed by atoms with Crippen molar-refractivity contribution in [2.75, 3.05) is 18.5 Å². The number of ether oxygens (including phenoxy) is 2. The second kappa shape index (κ2) is 8.92. The SMILES string of the molecule is C=C(C)COc1ccccc1NC(=O)COc1ccc(C(C)C)cc1. The number of hydrogen-bond donors (Lipinski definition) is 1. The second-order valence-corrected chi connectivity index (χ2v) is 6.30. The average molecular weight is 339 g/mol. The van der Waals surface area contributed by atoms with E-state index in [4.69, 9.17) is 9.47 Å². The van der Waals surface area contributed by atoms with Gasteiger partial charge in [0.2, 0.25) is 0 Å². The molecule has 0 saturated carbocycles. The molecular formula is C21H25NO3. The molecule has 0 radical (unpaired) electrons. The third-order valence-electron chi connectivity index (χ3n) is 3.55. The van der Waals surface area contributed by atoms with E-state index in [9.17, 15) is 4.79 Å². The molecule has 1 amide bonds. The van der Waals surface area contributed by atoms with Gasteiger partial charge in [-0.1, -0.05) is 44.7 Å². The number of hydrogen-bond acceptors (Lipinski definition) is 3. The molecule has 0 aliphatic heterocycles. The smallest absolute Gasteiger partial charge is 0.262 e. The van der Waals surface area contributed by atoms with Crippen LogP contribution in [-0.4, -0.2) is 19.1 Å². The number of benzene rings is 2. The fourth-order valence-electron chi connectivity index (χ4n) is 2.18. The van der Waals surface area contributed by atoms with Crippen LogP contribution in [-0.2, 0) is 4.79 Å². The van der Waals surface area contributed by atoms with Crippen molar-refractivity contribution in [3.8, 4) is 11.5 Å². The molecule has 2 aromatic rings. The minimum absolute atomic E-state index is 0.0597. The molecule has 0 aliphatic rings. The molecule has 2 aromatic carbocycles. The lowest BCUT2D eigenvalue weighted by Crippen LogP contribution is -2.20. The lowest BCUT2D eigenvalue weighted by Gasteiger charge is -2.13. The van der Waals surface area contributed by atoms with Crippen LogP contribution >= 0.6 is 0 Å². The molecule has 0 aliphatic carbocycles. The van der Waals surface area contributed by atoms with Crippen LogP contribution in [0.2, 0.25) is 0 Å². The van der Waals surface area contributed by atoms with Crippen molar-refractivity contribution in [2.45, 2.75) is 26.7 Å². The Bertz CT molecular complexity index is 720. The Kier molecular flexibility index (Phi) is 6.63. The first kappa shape index (κ1) is 18.6. The van der Waals surface area contributed by atoms with Crippen molar-refractivity contribution in [1.29, 1.82) is 0 Å². The van der Waals surface area contributed by atoms with E-state index in [0.717, 1.165) is 5.57 Å². The van der Waals surface area contributed by atoms with Crippen LogP contribution in [0.1, 0.15) is 32.3 Å². The van der Waals surface area contributed by atoms with Crippen molar-refractivity contribution in [3.05, 3.63) is 66.2 Å². The number of rotatable bonds is 8. The molecule has 0 unspecified atom stereocenters. The van der Waals surface area contributed by atoms with Gasteiger partial charge in [-0.25, -0.2) is 0 Å². The van der Waals surface area contributed by atoms with E-state index in [1.165, 1.54) is 5.56 Å². The average Bonchev–Trinajstić information content (AvgIpc) is 2.59. The third-order valence-corrected chi connectivity index (χ3v) is 3.55. The summed E-state index contributed by atoms with van der Waals surface area (Å²) in [6.45, 7) is 10.3. The van der Waals surface area contributed by atoms with E-state index >= 15 is 0 Å². The first-order chi connectivity index (χ1) is 12.0. The maximum absolute atomic E-state index is 12.1. The highest BCUT2D eigenvalue weighted by atomic mass is 16.5. The number of carbonyl (C=O) groups excluding carboxylic acids is 1. The van der Waals surface area contributed by atoms with Gasteiger partial charge in [0.05, 0.1) is 5.69 Å². The van der Waals surface area contributed by atoms with Crippen molar-refractivity contribution in [2.24, 2.45) is 0 Å². The second-order valence-electron chi connectivity index (χ2n) is 6.30. The lowest BCUT2D eigenvalue weighted by atomic mass is 10.0. The largest absolute Gasteiger partial charge is 0.487 e. The monoisotopic (exact) mass is 339 g/mol. The van der Waals surface area contributed by atoms with Gasteiger partial charge < -0.3 is 14.8 Å². The summed E-state index contributed by atoms with van der Waals surface area (Å²) in [5.74, 6) is 1.51. The molecule has 0 bridgehead atoms. The fourth-order valence-corrected chi connectivity index (χ4v) is 2.18. The first-order valence-electron chi connectivity index (χ1n) is 8.34. The Morgan fingerprint density at radius 1 is 1.04 bits per heavy atom. The number of nitrogens with one attached hydrogen (secondary N) is 1. The van der Waals surface area contributed by atoms with E-state index in [1.54, 1.807) is 6.07 Å².